The lowest BCUT2D eigenvalue weighted by Gasteiger charge is -2.12. The van der Waals surface area contributed by atoms with Gasteiger partial charge in [0.2, 0.25) is 0 Å². The second-order valence-corrected chi connectivity index (χ2v) is 6.45. The Morgan fingerprint density at radius 3 is 2.29 bits per heavy atom. The highest BCUT2D eigenvalue weighted by Crippen LogP contribution is 2.24. The van der Waals surface area contributed by atoms with Gasteiger partial charge in [-0.2, -0.15) is 0 Å². The Labute approximate surface area is 99.0 Å². The molecular weight excluding hydrogens is 247 g/mol. The van der Waals surface area contributed by atoms with Crippen LogP contribution in [0.5, 0.6) is 0 Å². The first-order valence-electron chi connectivity index (χ1n) is 4.95. The highest BCUT2D eigenvalue weighted by Gasteiger charge is 2.24. The van der Waals surface area contributed by atoms with E-state index in [1.54, 1.807) is 0 Å². The van der Waals surface area contributed by atoms with Crippen molar-refractivity contribution in [2.45, 2.75) is 30.9 Å². The monoisotopic (exact) mass is 260 g/mol. The summed E-state index contributed by atoms with van der Waals surface area (Å²) in [6.45, 7) is 4.23. The lowest BCUT2D eigenvalue weighted by molar-refractivity contribution is 0.0696. The maximum atomic E-state index is 13.5. The maximum absolute atomic E-state index is 13.5. The molecule has 1 N–H and O–H groups in total. The molecule has 0 heterocycles. The molecule has 0 bridgehead atoms. The van der Waals surface area contributed by atoms with Gasteiger partial charge in [0.1, 0.15) is 5.82 Å². The Balaban J connectivity index is 3.60. The molecule has 0 amide bonds. The van der Waals surface area contributed by atoms with Crippen molar-refractivity contribution in [1.29, 1.82) is 0 Å². The fourth-order valence-electron chi connectivity index (χ4n) is 1.33. The van der Waals surface area contributed by atoms with E-state index in [1.807, 2.05) is 0 Å². The van der Waals surface area contributed by atoms with E-state index >= 15 is 0 Å². The summed E-state index contributed by atoms with van der Waals surface area (Å²) in [7, 11) is -3.69. The minimum absolute atomic E-state index is 0.0521. The van der Waals surface area contributed by atoms with Gasteiger partial charge in [0.05, 0.1) is 15.7 Å². The van der Waals surface area contributed by atoms with Crippen molar-refractivity contribution in [2.24, 2.45) is 0 Å². The average molecular weight is 260 g/mol. The molecule has 0 radical (unpaired) electrons. The van der Waals surface area contributed by atoms with E-state index in [1.165, 1.54) is 20.8 Å². The molecule has 0 aliphatic rings. The highest BCUT2D eigenvalue weighted by molar-refractivity contribution is 7.92. The third kappa shape index (κ3) is 2.46. The molecule has 6 heteroatoms. The Morgan fingerprint density at radius 2 is 1.88 bits per heavy atom. The molecule has 4 nitrogen and oxygen atoms in total. The molecule has 0 atom stereocenters. The maximum Gasteiger partial charge on any atom is 0.335 e. The molecule has 0 saturated carbocycles. The van der Waals surface area contributed by atoms with Gasteiger partial charge in [-0.3, -0.25) is 0 Å². The number of hydrogen-bond donors (Lipinski definition) is 1. The number of carboxylic acid groups (broad SMARTS) is 1. The predicted molar refractivity (Wildman–Crippen MR) is 60.4 cm³/mol. The first kappa shape index (κ1) is 13.6. The molecule has 0 aliphatic carbocycles. The molecule has 1 aromatic carbocycles. The van der Waals surface area contributed by atoms with Gasteiger partial charge in [0.25, 0.3) is 0 Å². The van der Waals surface area contributed by atoms with Crippen molar-refractivity contribution < 1.29 is 22.7 Å². The predicted octanol–water partition coefficient (Wildman–Crippen LogP) is 2.01. The molecule has 0 aliphatic heterocycles. The second kappa shape index (κ2) is 4.44. The molecule has 0 fully saturated rings. The van der Waals surface area contributed by atoms with Gasteiger partial charge in [-0.1, -0.05) is 0 Å². The summed E-state index contributed by atoms with van der Waals surface area (Å²) in [6.07, 6.45) is 0. The molecule has 1 aromatic rings. The number of halogens is 1. The van der Waals surface area contributed by atoms with Crippen molar-refractivity contribution in [3.05, 3.63) is 29.1 Å². The number of carbonyl (C=O) groups is 1. The molecule has 17 heavy (non-hydrogen) atoms. The molecule has 0 unspecified atom stereocenters. The van der Waals surface area contributed by atoms with Crippen LogP contribution in [-0.4, -0.2) is 24.7 Å². The molecule has 0 saturated heterocycles. The van der Waals surface area contributed by atoms with E-state index in [-0.39, 0.29) is 16.0 Å². The van der Waals surface area contributed by atoms with E-state index in [2.05, 4.69) is 0 Å². The zero-order valence-electron chi connectivity index (χ0n) is 9.69. The lowest BCUT2D eigenvalue weighted by atomic mass is 10.1. The van der Waals surface area contributed by atoms with Crippen LogP contribution in [0.2, 0.25) is 0 Å². The number of carboxylic acids is 1. The Kier molecular flexibility index (Phi) is 3.56. The quantitative estimate of drug-likeness (QED) is 0.902. The fraction of sp³-hybridized carbons (Fsp3) is 0.364. The third-order valence-corrected chi connectivity index (χ3v) is 4.75. The number of rotatable bonds is 3. The topological polar surface area (TPSA) is 71.4 Å². The largest absolute Gasteiger partial charge is 0.478 e. The first-order valence-corrected chi connectivity index (χ1v) is 6.50. The van der Waals surface area contributed by atoms with Crippen LogP contribution in [-0.2, 0) is 9.84 Å². The SMILES string of the molecule is Cc1c(F)cc(C(=O)O)cc1S(=O)(=O)C(C)C. The van der Waals surface area contributed by atoms with Crippen molar-refractivity contribution >= 4 is 15.8 Å². The number of hydrogen-bond acceptors (Lipinski definition) is 3. The van der Waals surface area contributed by atoms with E-state index in [4.69, 9.17) is 5.11 Å². The van der Waals surface area contributed by atoms with Gasteiger partial charge in [-0.05, 0) is 32.9 Å². The summed E-state index contributed by atoms with van der Waals surface area (Å²) >= 11 is 0. The number of benzene rings is 1. The van der Waals surface area contributed by atoms with Crippen LogP contribution in [0.3, 0.4) is 0 Å². The summed E-state index contributed by atoms with van der Waals surface area (Å²) in [5, 5.41) is 8.04. The zero-order chi connectivity index (χ0) is 13.4. The van der Waals surface area contributed by atoms with Crippen LogP contribution in [0, 0.1) is 12.7 Å². The summed E-state index contributed by atoms with van der Waals surface area (Å²) in [5.74, 6) is -2.19. The summed E-state index contributed by atoms with van der Waals surface area (Å²) < 4.78 is 37.3. The third-order valence-electron chi connectivity index (χ3n) is 2.47. The summed E-state index contributed by atoms with van der Waals surface area (Å²) in [6, 6.07) is 1.81. The number of sulfone groups is 1. The molecule has 94 valence electrons. The normalized spacial score (nSPS) is 11.8. The van der Waals surface area contributed by atoms with Gasteiger partial charge in [-0.25, -0.2) is 17.6 Å². The number of aromatic carboxylic acids is 1. The van der Waals surface area contributed by atoms with Crippen molar-refractivity contribution in [1.82, 2.24) is 0 Å². The summed E-state index contributed by atoms with van der Waals surface area (Å²) in [4.78, 5) is 10.5. The van der Waals surface area contributed by atoms with Gasteiger partial charge in [0, 0.05) is 5.56 Å². The van der Waals surface area contributed by atoms with Crippen LogP contribution in [0.4, 0.5) is 4.39 Å². The smallest absolute Gasteiger partial charge is 0.335 e. The van der Waals surface area contributed by atoms with Crippen molar-refractivity contribution in [3.63, 3.8) is 0 Å². The van der Waals surface area contributed by atoms with E-state index in [9.17, 15) is 17.6 Å². The van der Waals surface area contributed by atoms with Crippen LogP contribution in [0.1, 0.15) is 29.8 Å². The minimum atomic E-state index is -3.69. The van der Waals surface area contributed by atoms with Gasteiger partial charge >= 0.3 is 5.97 Å². The van der Waals surface area contributed by atoms with Gasteiger partial charge in [0.15, 0.2) is 9.84 Å². The van der Waals surface area contributed by atoms with Gasteiger partial charge in [-0.15, -0.1) is 0 Å². The first-order chi connectivity index (χ1) is 7.67. The molecular formula is C11H13FO4S. The minimum Gasteiger partial charge on any atom is -0.478 e. The van der Waals surface area contributed by atoms with Crippen LogP contribution in [0.15, 0.2) is 17.0 Å². The average Bonchev–Trinajstić information content (AvgIpc) is 2.20. The molecule has 1 rings (SSSR count). The van der Waals surface area contributed by atoms with E-state index in [0.29, 0.717) is 0 Å². The Bertz CT molecular complexity index is 561. The van der Waals surface area contributed by atoms with Gasteiger partial charge < -0.3 is 5.11 Å². The fourth-order valence-corrected chi connectivity index (χ4v) is 2.65. The van der Waals surface area contributed by atoms with Crippen LogP contribution < -0.4 is 0 Å². The van der Waals surface area contributed by atoms with E-state index in [0.717, 1.165) is 12.1 Å². The Hall–Kier alpha value is -1.43. The molecule has 0 aromatic heterocycles. The highest BCUT2D eigenvalue weighted by atomic mass is 32.2. The van der Waals surface area contributed by atoms with E-state index < -0.39 is 26.9 Å². The lowest BCUT2D eigenvalue weighted by Crippen LogP contribution is -2.17. The van der Waals surface area contributed by atoms with Crippen molar-refractivity contribution in [2.75, 3.05) is 0 Å². The molecule has 0 spiro atoms. The Morgan fingerprint density at radius 1 is 1.35 bits per heavy atom. The van der Waals surface area contributed by atoms with Crippen LogP contribution in [0.25, 0.3) is 0 Å². The van der Waals surface area contributed by atoms with Crippen LogP contribution >= 0.6 is 0 Å². The zero-order valence-corrected chi connectivity index (χ0v) is 10.5. The standard InChI is InChI=1S/C11H13FO4S/c1-6(2)17(15,16)10-5-8(11(13)14)4-9(12)7(10)3/h4-6H,1-3H3,(H,13,14). The second-order valence-electron chi connectivity index (χ2n) is 3.98. The van der Waals surface area contributed by atoms with Crippen molar-refractivity contribution in [3.8, 4) is 0 Å². The summed E-state index contributed by atoms with van der Waals surface area (Å²) in [5.41, 5.74) is -0.420.